The van der Waals surface area contributed by atoms with Crippen molar-refractivity contribution in [3.8, 4) is 5.75 Å². The summed E-state index contributed by atoms with van der Waals surface area (Å²) in [5, 5.41) is 0.955. The number of carbonyl (C=O) groups excluding carboxylic acids is 1. The minimum atomic E-state index is -0.0494. The van der Waals surface area contributed by atoms with Crippen LogP contribution in [0.5, 0.6) is 5.75 Å². The summed E-state index contributed by atoms with van der Waals surface area (Å²) in [5.74, 6) is 1.14. The maximum Gasteiger partial charge on any atom is 0.289 e. The van der Waals surface area contributed by atoms with Gasteiger partial charge in [-0.1, -0.05) is 18.2 Å². The van der Waals surface area contributed by atoms with Crippen molar-refractivity contribution in [3.63, 3.8) is 0 Å². The number of fused-ring (bicyclic) bond motifs is 1. The number of pyridine rings is 1. The zero-order chi connectivity index (χ0) is 17.2. The first-order chi connectivity index (χ1) is 12.2. The van der Waals surface area contributed by atoms with Crippen LogP contribution in [0.4, 0.5) is 0 Å². The molecule has 0 spiro atoms. The zero-order valence-corrected chi connectivity index (χ0v) is 14.1. The summed E-state index contributed by atoms with van der Waals surface area (Å²) in [6.07, 6.45) is 3.48. The van der Waals surface area contributed by atoms with Gasteiger partial charge in [-0.25, -0.2) is 0 Å². The highest BCUT2D eigenvalue weighted by atomic mass is 16.5. The first kappa shape index (κ1) is 15.7. The summed E-state index contributed by atoms with van der Waals surface area (Å²) < 4.78 is 11.7. The monoisotopic (exact) mass is 336 g/mol. The molecule has 5 nitrogen and oxygen atoms in total. The Morgan fingerprint density at radius 3 is 2.72 bits per heavy atom. The van der Waals surface area contributed by atoms with E-state index in [-0.39, 0.29) is 12.0 Å². The molecule has 0 N–H and O–H groups in total. The van der Waals surface area contributed by atoms with E-state index in [1.165, 1.54) is 0 Å². The predicted molar refractivity (Wildman–Crippen MR) is 94.7 cm³/mol. The summed E-state index contributed by atoms with van der Waals surface area (Å²) in [5.41, 5.74) is 1.72. The second-order valence-electron chi connectivity index (χ2n) is 6.39. The number of aromatic nitrogens is 1. The van der Waals surface area contributed by atoms with Crippen molar-refractivity contribution in [2.24, 2.45) is 0 Å². The van der Waals surface area contributed by atoms with Gasteiger partial charge in [0.2, 0.25) is 0 Å². The number of ether oxygens (including phenoxy) is 1. The molecule has 128 valence electrons. The molecule has 1 amide bonds. The summed E-state index contributed by atoms with van der Waals surface area (Å²) in [7, 11) is 0. The van der Waals surface area contributed by atoms with E-state index in [1.807, 2.05) is 54.3 Å². The molecule has 1 aliphatic rings. The molecule has 2 aromatic heterocycles. The number of carbonyl (C=O) groups is 1. The van der Waals surface area contributed by atoms with Crippen LogP contribution >= 0.6 is 0 Å². The van der Waals surface area contributed by atoms with Gasteiger partial charge in [-0.15, -0.1) is 0 Å². The highest BCUT2D eigenvalue weighted by Crippen LogP contribution is 2.23. The number of piperidine rings is 1. The third-order valence-electron chi connectivity index (χ3n) is 4.55. The van der Waals surface area contributed by atoms with E-state index in [2.05, 4.69) is 4.98 Å². The number of para-hydroxylation sites is 1. The Morgan fingerprint density at radius 1 is 1.20 bits per heavy atom. The van der Waals surface area contributed by atoms with Crippen LogP contribution in [0.15, 0.2) is 53.1 Å². The standard InChI is InChI=1S/C20H20N2O3/c1-14-6-7-17(13-21-14)24-16-8-10-22(11-9-16)20(23)19-12-15-4-2-3-5-18(15)25-19/h2-7,12-13,16H,8-11H2,1H3. The third kappa shape index (κ3) is 3.36. The van der Waals surface area contributed by atoms with Crippen LogP contribution in [-0.2, 0) is 0 Å². The third-order valence-corrected chi connectivity index (χ3v) is 4.55. The molecule has 0 unspecified atom stereocenters. The number of aryl methyl sites for hydroxylation is 1. The van der Waals surface area contributed by atoms with Gasteiger partial charge in [-0.2, -0.15) is 0 Å². The average molecular weight is 336 g/mol. The Balaban J connectivity index is 1.37. The minimum absolute atomic E-state index is 0.0494. The van der Waals surface area contributed by atoms with E-state index in [1.54, 1.807) is 6.20 Å². The number of likely N-dealkylation sites (tertiary alicyclic amines) is 1. The van der Waals surface area contributed by atoms with Crippen molar-refractivity contribution in [1.82, 2.24) is 9.88 Å². The SMILES string of the molecule is Cc1ccc(OC2CCN(C(=O)c3cc4ccccc4o3)CC2)cn1. The number of rotatable bonds is 3. The van der Waals surface area contributed by atoms with Gasteiger partial charge in [0.15, 0.2) is 5.76 Å². The summed E-state index contributed by atoms with van der Waals surface area (Å²) in [6.45, 7) is 3.28. The highest BCUT2D eigenvalue weighted by Gasteiger charge is 2.26. The van der Waals surface area contributed by atoms with Crippen molar-refractivity contribution in [1.29, 1.82) is 0 Å². The van der Waals surface area contributed by atoms with Crippen LogP contribution < -0.4 is 4.74 Å². The van der Waals surface area contributed by atoms with Crippen LogP contribution in [0.2, 0.25) is 0 Å². The molecule has 3 aromatic rings. The summed E-state index contributed by atoms with van der Waals surface area (Å²) in [4.78, 5) is 18.7. The Morgan fingerprint density at radius 2 is 2.00 bits per heavy atom. The largest absolute Gasteiger partial charge is 0.489 e. The molecule has 0 saturated carbocycles. The van der Waals surface area contributed by atoms with Crippen LogP contribution in [0, 0.1) is 6.92 Å². The van der Waals surface area contributed by atoms with Crippen molar-refractivity contribution >= 4 is 16.9 Å². The average Bonchev–Trinajstić information content (AvgIpc) is 3.08. The van der Waals surface area contributed by atoms with E-state index >= 15 is 0 Å². The molecule has 1 fully saturated rings. The van der Waals surface area contributed by atoms with Crippen LogP contribution in [-0.4, -0.2) is 35.0 Å². The normalized spacial score (nSPS) is 15.5. The van der Waals surface area contributed by atoms with Gasteiger partial charge >= 0.3 is 0 Å². The molecule has 1 aromatic carbocycles. The molecular weight excluding hydrogens is 316 g/mol. The Labute approximate surface area is 146 Å². The van der Waals surface area contributed by atoms with Gasteiger partial charge in [0, 0.05) is 37.0 Å². The van der Waals surface area contributed by atoms with E-state index < -0.39 is 0 Å². The fourth-order valence-electron chi connectivity index (χ4n) is 3.14. The van der Waals surface area contributed by atoms with E-state index in [4.69, 9.17) is 9.15 Å². The molecule has 1 aliphatic heterocycles. The molecule has 0 atom stereocenters. The maximum atomic E-state index is 12.7. The number of benzene rings is 1. The van der Waals surface area contributed by atoms with Crippen molar-refractivity contribution in [2.45, 2.75) is 25.9 Å². The second kappa shape index (κ2) is 6.59. The minimum Gasteiger partial charge on any atom is -0.489 e. The molecule has 3 heterocycles. The van der Waals surface area contributed by atoms with Crippen molar-refractivity contribution in [2.75, 3.05) is 13.1 Å². The van der Waals surface area contributed by atoms with Gasteiger partial charge in [0.05, 0.1) is 6.20 Å². The number of amides is 1. The second-order valence-corrected chi connectivity index (χ2v) is 6.39. The van der Waals surface area contributed by atoms with Crippen molar-refractivity contribution < 1.29 is 13.9 Å². The Bertz CT molecular complexity index is 844. The smallest absolute Gasteiger partial charge is 0.289 e. The van der Waals surface area contributed by atoms with Crippen LogP contribution in [0.25, 0.3) is 11.0 Å². The van der Waals surface area contributed by atoms with Crippen molar-refractivity contribution in [3.05, 3.63) is 60.1 Å². The Hall–Kier alpha value is -2.82. The van der Waals surface area contributed by atoms with E-state index in [0.29, 0.717) is 18.8 Å². The molecule has 0 bridgehead atoms. The zero-order valence-electron chi connectivity index (χ0n) is 14.1. The fourth-order valence-corrected chi connectivity index (χ4v) is 3.14. The number of hydrogen-bond donors (Lipinski definition) is 0. The molecule has 0 aliphatic carbocycles. The predicted octanol–water partition coefficient (Wildman–Crippen LogP) is 3.82. The van der Waals surface area contributed by atoms with E-state index in [9.17, 15) is 4.79 Å². The van der Waals surface area contributed by atoms with Crippen LogP contribution in [0.3, 0.4) is 0 Å². The molecule has 0 radical (unpaired) electrons. The highest BCUT2D eigenvalue weighted by molar-refractivity contribution is 5.96. The number of hydrogen-bond acceptors (Lipinski definition) is 4. The first-order valence-electron chi connectivity index (χ1n) is 8.56. The maximum absolute atomic E-state index is 12.7. The lowest BCUT2D eigenvalue weighted by molar-refractivity contribution is 0.0568. The first-order valence-corrected chi connectivity index (χ1v) is 8.56. The summed E-state index contributed by atoms with van der Waals surface area (Å²) in [6, 6.07) is 13.4. The molecule has 4 rings (SSSR count). The number of nitrogens with zero attached hydrogens (tertiary/aromatic N) is 2. The van der Waals surface area contributed by atoms with Crippen LogP contribution in [0.1, 0.15) is 29.1 Å². The lowest BCUT2D eigenvalue weighted by Crippen LogP contribution is -2.41. The fraction of sp³-hybridized carbons (Fsp3) is 0.300. The van der Waals surface area contributed by atoms with Gasteiger partial charge in [-0.3, -0.25) is 9.78 Å². The van der Waals surface area contributed by atoms with Gasteiger partial charge in [0.25, 0.3) is 5.91 Å². The molecule has 1 saturated heterocycles. The van der Waals surface area contributed by atoms with Gasteiger partial charge in [0.1, 0.15) is 17.4 Å². The van der Waals surface area contributed by atoms with Gasteiger partial charge in [-0.05, 0) is 31.2 Å². The Kier molecular flexibility index (Phi) is 4.14. The molecular formula is C20H20N2O3. The lowest BCUT2D eigenvalue weighted by atomic mass is 10.1. The summed E-state index contributed by atoms with van der Waals surface area (Å²) >= 11 is 0. The topological polar surface area (TPSA) is 55.6 Å². The number of furan rings is 1. The van der Waals surface area contributed by atoms with Gasteiger partial charge < -0.3 is 14.1 Å². The lowest BCUT2D eigenvalue weighted by Gasteiger charge is -2.31. The quantitative estimate of drug-likeness (QED) is 0.729. The molecule has 25 heavy (non-hydrogen) atoms. The molecule has 5 heteroatoms. The van der Waals surface area contributed by atoms with E-state index in [0.717, 1.165) is 35.3 Å².